The van der Waals surface area contributed by atoms with E-state index in [0.717, 1.165) is 31.4 Å². The summed E-state index contributed by atoms with van der Waals surface area (Å²) in [6.45, 7) is 4.56. The van der Waals surface area contributed by atoms with E-state index in [2.05, 4.69) is 5.32 Å². The van der Waals surface area contributed by atoms with E-state index in [-0.39, 0.29) is 17.4 Å². The van der Waals surface area contributed by atoms with Crippen molar-refractivity contribution in [2.24, 2.45) is 11.1 Å². The smallest absolute Gasteiger partial charge is 0.244 e. The predicted octanol–water partition coefficient (Wildman–Crippen LogP) is 2.32. The van der Waals surface area contributed by atoms with Gasteiger partial charge in [-0.25, -0.2) is 0 Å². The van der Waals surface area contributed by atoms with E-state index >= 15 is 0 Å². The van der Waals surface area contributed by atoms with Gasteiger partial charge in [-0.05, 0) is 38.7 Å². The first-order chi connectivity index (χ1) is 10.5. The van der Waals surface area contributed by atoms with Crippen LogP contribution in [0.2, 0.25) is 0 Å². The van der Waals surface area contributed by atoms with E-state index in [1.165, 1.54) is 6.42 Å². The Bertz CT molecular complexity index is 537. The second-order valence-electron chi connectivity index (χ2n) is 6.86. The van der Waals surface area contributed by atoms with Crippen molar-refractivity contribution < 1.29 is 9.53 Å². The molecule has 3 unspecified atom stereocenters. The molecule has 3 N–H and O–H groups in total. The number of carbonyl (C=O) groups is 1. The summed E-state index contributed by atoms with van der Waals surface area (Å²) < 4.78 is 5.84. The Morgan fingerprint density at radius 1 is 1.41 bits per heavy atom. The molecular formula is C18H26N2O2. The Labute approximate surface area is 132 Å². The molecule has 0 bridgehead atoms. The average Bonchev–Trinajstić information content (AvgIpc) is 2.45. The van der Waals surface area contributed by atoms with Crippen LogP contribution in [-0.2, 0) is 15.1 Å². The number of ether oxygens (including phenoxy) is 1. The Balaban J connectivity index is 1.68. The molecule has 4 heteroatoms. The van der Waals surface area contributed by atoms with Gasteiger partial charge in [0.05, 0.1) is 6.10 Å². The van der Waals surface area contributed by atoms with Gasteiger partial charge in [0.2, 0.25) is 5.91 Å². The summed E-state index contributed by atoms with van der Waals surface area (Å²) in [5.41, 5.74) is 6.32. The van der Waals surface area contributed by atoms with Crippen LogP contribution in [0.5, 0.6) is 0 Å². The van der Waals surface area contributed by atoms with E-state index in [4.69, 9.17) is 10.5 Å². The van der Waals surface area contributed by atoms with Gasteiger partial charge in [-0.1, -0.05) is 36.8 Å². The zero-order valence-electron chi connectivity index (χ0n) is 13.5. The summed E-state index contributed by atoms with van der Waals surface area (Å²) in [7, 11) is 0. The first-order valence-corrected chi connectivity index (χ1v) is 8.27. The van der Waals surface area contributed by atoms with Gasteiger partial charge in [0.15, 0.2) is 0 Å². The van der Waals surface area contributed by atoms with E-state index in [9.17, 15) is 4.79 Å². The van der Waals surface area contributed by atoms with Gasteiger partial charge in [-0.15, -0.1) is 0 Å². The van der Waals surface area contributed by atoms with E-state index in [0.29, 0.717) is 6.10 Å². The minimum absolute atomic E-state index is 0.0927. The van der Waals surface area contributed by atoms with Crippen molar-refractivity contribution in [3.8, 4) is 0 Å². The van der Waals surface area contributed by atoms with Crippen LogP contribution in [0, 0.1) is 5.41 Å². The molecule has 3 atom stereocenters. The lowest BCUT2D eigenvalue weighted by molar-refractivity contribution is -0.177. The van der Waals surface area contributed by atoms with Crippen LogP contribution in [0.3, 0.4) is 0 Å². The molecule has 0 radical (unpaired) electrons. The third-order valence-electron chi connectivity index (χ3n) is 5.59. The minimum Gasteiger partial charge on any atom is -0.378 e. The quantitative estimate of drug-likeness (QED) is 0.877. The number of amides is 1. The van der Waals surface area contributed by atoms with Crippen LogP contribution in [-0.4, -0.2) is 24.7 Å². The SMILES string of the molecule is CCOC1CC(NC(=O)C(C)(N)c2ccccc2)C12CCC2. The van der Waals surface area contributed by atoms with Gasteiger partial charge in [-0.2, -0.15) is 0 Å². The highest BCUT2D eigenvalue weighted by Crippen LogP contribution is 2.57. The second-order valence-corrected chi connectivity index (χ2v) is 6.86. The zero-order valence-corrected chi connectivity index (χ0v) is 13.5. The molecule has 120 valence electrons. The largest absolute Gasteiger partial charge is 0.378 e. The van der Waals surface area contributed by atoms with Crippen LogP contribution < -0.4 is 11.1 Å². The Morgan fingerprint density at radius 2 is 2.09 bits per heavy atom. The molecule has 1 aromatic rings. The van der Waals surface area contributed by atoms with Gasteiger partial charge in [0, 0.05) is 18.1 Å². The van der Waals surface area contributed by atoms with E-state index in [1.54, 1.807) is 6.92 Å². The fourth-order valence-electron chi connectivity index (χ4n) is 3.86. The molecule has 2 fully saturated rings. The molecule has 3 rings (SSSR count). The van der Waals surface area contributed by atoms with Crippen molar-refractivity contribution in [3.63, 3.8) is 0 Å². The highest BCUT2D eigenvalue weighted by Gasteiger charge is 2.59. The summed E-state index contributed by atoms with van der Waals surface area (Å²) in [5, 5.41) is 3.19. The molecule has 22 heavy (non-hydrogen) atoms. The van der Waals surface area contributed by atoms with Crippen molar-refractivity contribution in [2.75, 3.05) is 6.61 Å². The van der Waals surface area contributed by atoms with Crippen molar-refractivity contribution in [1.82, 2.24) is 5.32 Å². The van der Waals surface area contributed by atoms with E-state index in [1.807, 2.05) is 37.3 Å². The lowest BCUT2D eigenvalue weighted by Gasteiger charge is -2.61. The third kappa shape index (κ3) is 2.34. The molecule has 0 heterocycles. The van der Waals surface area contributed by atoms with Gasteiger partial charge < -0.3 is 15.8 Å². The predicted molar refractivity (Wildman–Crippen MR) is 86.2 cm³/mol. The molecule has 0 saturated heterocycles. The molecule has 1 amide bonds. The van der Waals surface area contributed by atoms with Crippen LogP contribution in [0.15, 0.2) is 30.3 Å². The van der Waals surface area contributed by atoms with Crippen LogP contribution in [0.25, 0.3) is 0 Å². The molecule has 0 aromatic heterocycles. The van der Waals surface area contributed by atoms with Crippen molar-refractivity contribution in [1.29, 1.82) is 0 Å². The Kier molecular flexibility index (Phi) is 4.00. The summed E-state index contributed by atoms with van der Waals surface area (Å²) >= 11 is 0. The monoisotopic (exact) mass is 302 g/mol. The van der Waals surface area contributed by atoms with Gasteiger partial charge in [0.25, 0.3) is 0 Å². The normalized spacial score (nSPS) is 28.3. The Morgan fingerprint density at radius 3 is 2.64 bits per heavy atom. The van der Waals surface area contributed by atoms with Crippen LogP contribution in [0.4, 0.5) is 0 Å². The van der Waals surface area contributed by atoms with Crippen molar-refractivity contribution in [3.05, 3.63) is 35.9 Å². The number of carbonyl (C=O) groups excluding carboxylic acids is 1. The molecule has 2 saturated carbocycles. The maximum atomic E-state index is 12.7. The lowest BCUT2D eigenvalue weighted by atomic mass is 9.51. The number of benzene rings is 1. The molecule has 2 aliphatic rings. The number of nitrogens with one attached hydrogen (secondary N) is 1. The maximum absolute atomic E-state index is 12.7. The van der Waals surface area contributed by atoms with Gasteiger partial charge in [-0.3, -0.25) is 4.79 Å². The maximum Gasteiger partial charge on any atom is 0.244 e. The van der Waals surface area contributed by atoms with Crippen molar-refractivity contribution >= 4 is 5.91 Å². The summed E-state index contributed by atoms with van der Waals surface area (Å²) in [5.74, 6) is -0.0927. The average molecular weight is 302 g/mol. The fourth-order valence-corrected chi connectivity index (χ4v) is 3.86. The fraction of sp³-hybridized carbons (Fsp3) is 0.611. The first-order valence-electron chi connectivity index (χ1n) is 8.27. The number of hydrogen-bond donors (Lipinski definition) is 2. The molecular weight excluding hydrogens is 276 g/mol. The number of nitrogens with two attached hydrogens (primary N) is 1. The summed E-state index contributed by atoms with van der Waals surface area (Å²) in [4.78, 5) is 12.7. The highest BCUT2D eigenvalue weighted by atomic mass is 16.5. The molecule has 0 aliphatic heterocycles. The molecule has 1 spiro atoms. The zero-order chi connectivity index (χ0) is 15.8. The lowest BCUT2D eigenvalue weighted by Crippen LogP contribution is -2.69. The number of hydrogen-bond acceptors (Lipinski definition) is 3. The number of rotatable bonds is 5. The first kappa shape index (κ1) is 15.5. The molecule has 2 aliphatic carbocycles. The van der Waals surface area contributed by atoms with Crippen LogP contribution >= 0.6 is 0 Å². The summed E-state index contributed by atoms with van der Waals surface area (Å²) in [6, 6.07) is 9.77. The topological polar surface area (TPSA) is 64.3 Å². The second kappa shape index (κ2) is 5.67. The molecule has 1 aromatic carbocycles. The highest BCUT2D eigenvalue weighted by molar-refractivity contribution is 5.87. The van der Waals surface area contributed by atoms with Gasteiger partial charge >= 0.3 is 0 Å². The third-order valence-corrected chi connectivity index (χ3v) is 5.59. The van der Waals surface area contributed by atoms with Crippen molar-refractivity contribution in [2.45, 2.75) is 57.2 Å². The minimum atomic E-state index is -0.997. The Hall–Kier alpha value is -1.39. The van der Waals surface area contributed by atoms with Crippen LogP contribution in [0.1, 0.15) is 45.1 Å². The van der Waals surface area contributed by atoms with E-state index < -0.39 is 5.54 Å². The molecule has 4 nitrogen and oxygen atoms in total. The standard InChI is InChI=1S/C18H26N2O2/c1-3-22-15-12-14(18(15)10-7-11-18)20-16(21)17(2,19)13-8-5-4-6-9-13/h4-6,8-9,14-15H,3,7,10-12,19H2,1-2H3,(H,20,21). The van der Waals surface area contributed by atoms with Gasteiger partial charge in [0.1, 0.15) is 5.54 Å². The summed E-state index contributed by atoms with van der Waals surface area (Å²) in [6.07, 6.45) is 4.74.